The third kappa shape index (κ3) is 5.04. The van der Waals surface area contributed by atoms with Crippen molar-refractivity contribution in [2.75, 3.05) is 13.7 Å². The van der Waals surface area contributed by atoms with E-state index in [1.54, 1.807) is 25.5 Å². The number of fused-ring (bicyclic) bond motifs is 1. The number of hydrogen-bond donors (Lipinski definition) is 1. The summed E-state index contributed by atoms with van der Waals surface area (Å²) < 4.78 is 11.8. The maximum absolute atomic E-state index is 13.1. The lowest BCUT2D eigenvalue weighted by molar-refractivity contribution is 0.0956. The average molecular weight is 504 g/mol. The highest BCUT2D eigenvalue weighted by atomic mass is 79.9. The van der Waals surface area contributed by atoms with Gasteiger partial charge in [0.1, 0.15) is 0 Å². The molecule has 4 rings (SSSR count). The molecule has 3 aromatic carbocycles. The van der Waals surface area contributed by atoms with Gasteiger partial charge in [0.25, 0.3) is 5.91 Å². The van der Waals surface area contributed by atoms with Crippen LogP contribution >= 0.6 is 15.9 Å². The molecule has 1 N–H and O–H groups in total. The topological polar surface area (TPSA) is 72.8 Å². The van der Waals surface area contributed by atoms with Gasteiger partial charge in [-0.2, -0.15) is 5.10 Å². The van der Waals surface area contributed by atoms with Crippen LogP contribution in [0.15, 0.2) is 82.4 Å². The van der Waals surface area contributed by atoms with Crippen LogP contribution in [0.5, 0.6) is 11.5 Å². The summed E-state index contributed by atoms with van der Waals surface area (Å²) in [6.45, 7) is 2.42. The maximum Gasteiger partial charge on any atom is 0.272 e. The number of amides is 1. The van der Waals surface area contributed by atoms with Crippen LogP contribution in [0, 0.1) is 0 Å². The molecular weight excluding hydrogens is 482 g/mol. The molecule has 0 bridgehead atoms. The minimum Gasteiger partial charge on any atom is -0.493 e. The number of hydrogen-bond acceptors (Lipinski definition) is 5. The lowest BCUT2D eigenvalue weighted by Crippen LogP contribution is -2.18. The molecule has 0 unspecified atom stereocenters. The van der Waals surface area contributed by atoms with Crippen LogP contribution in [0.1, 0.15) is 22.8 Å². The first kappa shape index (κ1) is 22.5. The largest absolute Gasteiger partial charge is 0.493 e. The molecule has 6 nitrogen and oxygen atoms in total. The second-order valence-electron chi connectivity index (χ2n) is 7.10. The van der Waals surface area contributed by atoms with Gasteiger partial charge in [-0.05, 0) is 52.7 Å². The van der Waals surface area contributed by atoms with Crippen LogP contribution in [0.25, 0.3) is 22.2 Å². The first-order valence-electron chi connectivity index (χ1n) is 10.4. The Kier molecular flexibility index (Phi) is 7.00. The minimum atomic E-state index is -0.320. The number of halogens is 1. The molecule has 0 radical (unpaired) electrons. The number of carbonyl (C=O) groups excluding carboxylic acids is 1. The van der Waals surface area contributed by atoms with E-state index < -0.39 is 0 Å². The van der Waals surface area contributed by atoms with E-state index >= 15 is 0 Å². The monoisotopic (exact) mass is 503 g/mol. The zero-order chi connectivity index (χ0) is 23.2. The average Bonchev–Trinajstić information content (AvgIpc) is 2.85. The quantitative estimate of drug-likeness (QED) is 0.254. The minimum absolute atomic E-state index is 0.320. The van der Waals surface area contributed by atoms with E-state index in [4.69, 9.17) is 14.5 Å². The van der Waals surface area contributed by atoms with Crippen molar-refractivity contribution < 1.29 is 14.3 Å². The summed E-state index contributed by atoms with van der Waals surface area (Å²) in [5, 5.41) is 4.92. The highest BCUT2D eigenvalue weighted by molar-refractivity contribution is 9.10. The molecule has 33 heavy (non-hydrogen) atoms. The highest BCUT2D eigenvalue weighted by Crippen LogP contribution is 2.36. The fraction of sp³-hybridized carbons (Fsp3) is 0.115. The normalized spacial score (nSPS) is 11.0. The predicted molar refractivity (Wildman–Crippen MR) is 134 cm³/mol. The number of rotatable bonds is 7. The molecule has 0 saturated heterocycles. The van der Waals surface area contributed by atoms with Gasteiger partial charge >= 0.3 is 0 Å². The second-order valence-corrected chi connectivity index (χ2v) is 7.96. The fourth-order valence-corrected chi connectivity index (χ4v) is 4.02. The number of nitrogens with one attached hydrogen (secondary N) is 1. The Bertz CT molecular complexity index is 1320. The number of benzene rings is 3. The molecule has 0 aliphatic heterocycles. The van der Waals surface area contributed by atoms with Crippen molar-refractivity contribution in [2.24, 2.45) is 5.10 Å². The summed E-state index contributed by atoms with van der Waals surface area (Å²) in [4.78, 5) is 17.8. The summed E-state index contributed by atoms with van der Waals surface area (Å²) in [5.74, 6) is 0.878. The Labute approximate surface area is 200 Å². The van der Waals surface area contributed by atoms with Gasteiger partial charge in [0.05, 0.1) is 41.2 Å². The van der Waals surface area contributed by atoms with Crippen molar-refractivity contribution >= 4 is 39.0 Å². The molecule has 7 heteroatoms. The molecule has 4 aromatic rings. The molecule has 0 spiro atoms. The number of ether oxygens (including phenoxy) is 2. The lowest BCUT2D eigenvalue weighted by atomic mass is 10.0. The summed E-state index contributed by atoms with van der Waals surface area (Å²) in [6, 6.07) is 22.8. The fourth-order valence-electron chi connectivity index (χ4n) is 3.44. The maximum atomic E-state index is 13.1. The Morgan fingerprint density at radius 2 is 1.85 bits per heavy atom. The molecule has 0 saturated carbocycles. The van der Waals surface area contributed by atoms with Crippen molar-refractivity contribution in [3.05, 3.63) is 88.4 Å². The Hall–Kier alpha value is -3.71. The van der Waals surface area contributed by atoms with Crippen molar-refractivity contribution in [3.8, 4) is 22.8 Å². The third-order valence-electron chi connectivity index (χ3n) is 4.95. The van der Waals surface area contributed by atoms with Crippen molar-refractivity contribution in [1.82, 2.24) is 10.4 Å². The van der Waals surface area contributed by atoms with Gasteiger partial charge in [-0.25, -0.2) is 10.4 Å². The molecule has 0 aliphatic carbocycles. The van der Waals surface area contributed by atoms with Gasteiger partial charge < -0.3 is 9.47 Å². The number of aromatic nitrogens is 1. The molecule has 0 atom stereocenters. The molecule has 1 amide bonds. The van der Waals surface area contributed by atoms with Crippen molar-refractivity contribution in [2.45, 2.75) is 6.92 Å². The van der Waals surface area contributed by atoms with Crippen LogP contribution in [0.2, 0.25) is 0 Å². The van der Waals surface area contributed by atoms with Crippen LogP contribution < -0.4 is 14.9 Å². The number of pyridine rings is 1. The van der Waals surface area contributed by atoms with E-state index in [0.717, 1.165) is 32.2 Å². The van der Waals surface area contributed by atoms with E-state index in [1.165, 1.54) is 0 Å². The SMILES string of the molecule is CCOc1c(Br)cc(/C=N/NC(=O)c2cc(-c3ccccc3)nc3ccccc23)cc1OC. The van der Waals surface area contributed by atoms with Crippen LogP contribution in [-0.4, -0.2) is 30.8 Å². The number of para-hydroxylation sites is 1. The number of carbonyl (C=O) groups is 1. The number of hydrazone groups is 1. The first-order valence-corrected chi connectivity index (χ1v) is 11.2. The van der Waals surface area contributed by atoms with Crippen LogP contribution in [-0.2, 0) is 0 Å². The molecule has 0 aliphatic rings. The van der Waals surface area contributed by atoms with E-state index in [0.29, 0.717) is 23.7 Å². The zero-order valence-electron chi connectivity index (χ0n) is 18.2. The number of methoxy groups -OCH3 is 1. The van der Waals surface area contributed by atoms with Crippen molar-refractivity contribution in [3.63, 3.8) is 0 Å². The summed E-state index contributed by atoms with van der Waals surface area (Å²) in [7, 11) is 1.58. The van der Waals surface area contributed by atoms with Gasteiger partial charge in [-0.3, -0.25) is 4.79 Å². The van der Waals surface area contributed by atoms with Gasteiger partial charge in [-0.15, -0.1) is 0 Å². The van der Waals surface area contributed by atoms with E-state index in [9.17, 15) is 4.79 Å². The van der Waals surface area contributed by atoms with Crippen LogP contribution in [0.4, 0.5) is 0 Å². The van der Waals surface area contributed by atoms with Crippen molar-refractivity contribution in [1.29, 1.82) is 0 Å². The summed E-state index contributed by atoms with van der Waals surface area (Å²) >= 11 is 3.49. The van der Waals surface area contributed by atoms with Gasteiger partial charge in [0, 0.05) is 10.9 Å². The standard InChI is InChI=1S/C26H22BrN3O3/c1-3-33-25-21(27)13-17(14-24(25)32-2)16-28-30-26(31)20-15-23(18-9-5-4-6-10-18)29-22-12-8-7-11-19(20)22/h4-16H,3H2,1-2H3,(H,30,31)/b28-16+. The third-order valence-corrected chi connectivity index (χ3v) is 5.54. The Morgan fingerprint density at radius 3 is 2.61 bits per heavy atom. The van der Waals surface area contributed by atoms with Gasteiger partial charge in [0.15, 0.2) is 11.5 Å². The second kappa shape index (κ2) is 10.3. The first-order chi connectivity index (χ1) is 16.1. The molecule has 166 valence electrons. The molecule has 1 heterocycles. The Morgan fingerprint density at radius 1 is 1.09 bits per heavy atom. The predicted octanol–water partition coefficient (Wildman–Crippen LogP) is 5.84. The van der Waals surface area contributed by atoms with Crippen LogP contribution in [0.3, 0.4) is 0 Å². The molecule has 0 fully saturated rings. The Balaban J connectivity index is 1.62. The van der Waals surface area contributed by atoms with E-state index in [2.05, 4.69) is 26.5 Å². The highest BCUT2D eigenvalue weighted by Gasteiger charge is 2.14. The smallest absolute Gasteiger partial charge is 0.272 e. The summed E-state index contributed by atoms with van der Waals surface area (Å²) in [5.41, 5.74) is 6.28. The molecular formula is C26H22BrN3O3. The number of nitrogens with zero attached hydrogens (tertiary/aromatic N) is 2. The lowest BCUT2D eigenvalue weighted by Gasteiger charge is -2.12. The van der Waals surface area contributed by atoms with E-state index in [1.807, 2.05) is 67.6 Å². The van der Waals surface area contributed by atoms with E-state index in [-0.39, 0.29) is 5.91 Å². The zero-order valence-corrected chi connectivity index (χ0v) is 19.8. The summed E-state index contributed by atoms with van der Waals surface area (Å²) in [6.07, 6.45) is 1.56. The molecule has 1 aromatic heterocycles. The van der Waals surface area contributed by atoms with Gasteiger partial charge in [0.2, 0.25) is 0 Å². The van der Waals surface area contributed by atoms with Gasteiger partial charge in [-0.1, -0.05) is 48.5 Å².